The van der Waals surface area contributed by atoms with Crippen LogP contribution < -0.4 is 5.73 Å². The van der Waals surface area contributed by atoms with E-state index < -0.39 is 0 Å². The molecule has 0 radical (unpaired) electrons. The molecule has 0 spiro atoms. The number of thiophene rings is 1. The molecule has 0 aromatic carbocycles. The summed E-state index contributed by atoms with van der Waals surface area (Å²) in [6, 6.07) is 4.34. The maximum absolute atomic E-state index is 11.5. The number of hydrogen-bond donors (Lipinski definition) is 1. The van der Waals surface area contributed by atoms with Gasteiger partial charge in [-0.25, -0.2) is 19.7 Å². The highest BCUT2D eigenvalue weighted by atomic mass is 32.1. The molecule has 5 rings (SSSR count). The second kappa shape index (κ2) is 10.9. The third-order valence-electron chi connectivity index (χ3n) is 5.84. The number of nitrogens with two attached hydrogens (primary N) is 1. The Hall–Kier alpha value is -3.47. The Morgan fingerprint density at radius 3 is 2.46 bits per heavy atom. The first-order chi connectivity index (χ1) is 17.5. The highest BCUT2D eigenvalue weighted by Gasteiger charge is 2.23. The number of hydrogen-bond acceptors (Lipinski definition) is 8. The summed E-state index contributed by atoms with van der Waals surface area (Å²) in [5.41, 5.74) is 6.71. The van der Waals surface area contributed by atoms with Crippen LogP contribution in [0.15, 0.2) is 30.7 Å². The molecule has 198 valence electrons. The van der Waals surface area contributed by atoms with Gasteiger partial charge in [0.15, 0.2) is 11.6 Å². The normalized spacial score (nSPS) is 14.1. The molecule has 1 saturated heterocycles. The lowest BCUT2D eigenvalue weighted by molar-refractivity contribution is 0.0216. The van der Waals surface area contributed by atoms with Crippen molar-refractivity contribution in [3.05, 3.63) is 30.7 Å². The average molecular weight is 525 g/mol. The summed E-state index contributed by atoms with van der Waals surface area (Å²) in [6.07, 6.45) is 8.86. The summed E-state index contributed by atoms with van der Waals surface area (Å²) < 4.78 is 9.08. The fourth-order valence-electron chi connectivity index (χ4n) is 3.91. The molecule has 4 aromatic heterocycles. The second-order valence-electron chi connectivity index (χ2n) is 10.4. The van der Waals surface area contributed by atoms with Crippen LogP contribution in [0.2, 0.25) is 0 Å². The highest BCUT2D eigenvalue weighted by molar-refractivity contribution is 7.21. The van der Waals surface area contributed by atoms with Gasteiger partial charge in [-0.2, -0.15) is 5.10 Å². The Kier molecular flexibility index (Phi) is 7.82. The number of piperidine rings is 1. The number of rotatable bonds is 3. The first-order valence-corrected chi connectivity index (χ1v) is 13.4. The molecule has 1 fully saturated rings. The number of aromatic nitrogens is 6. The molecule has 4 aromatic rings. The van der Waals surface area contributed by atoms with Crippen molar-refractivity contribution in [3.8, 4) is 22.2 Å². The SMILES string of the molecule is CC(C)(C)OC(=O)N1CCCCC1.CC(C)n1ccc(-c2cc3c(N)nc(-c4nccn4C)nc3s2)n1. The molecule has 0 unspecified atom stereocenters. The average Bonchev–Trinajstić information content (AvgIpc) is 3.58. The summed E-state index contributed by atoms with van der Waals surface area (Å²) in [7, 11) is 1.91. The van der Waals surface area contributed by atoms with Crippen molar-refractivity contribution >= 4 is 33.5 Å². The van der Waals surface area contributed by atoms with Gasteiger partial charge in [0, 0.05) is 44.8 Å². The van der Waals surface area contributed by atoms with Gasteiger partial charge in [0.1, 0.15) is 21.9 Å². The van der Waals surface area contributed by atoms with Gasteiger partial charge < -0.3 is 19.9 Å². The van der Waals surface area contributed by atoms with Gasteiger partial charge in [0.05, 0.1) is 10.3 Å². The summed E-state index contributed by atoms with van der Waals surface area (Å²) in [4.78, 5) is 28.5. The maximum atomic E-state index is 11.5. The van der Waals surface area contributed by atoms with Crippen LogP contribution in [0.1, 0.15) is 59.9 Å². The molecule has 5 heterocycles. The Bertz CT molecular complexity index is 1360. The van der Waals surface area contributed by atoms with Crippen LogP contribution in [-0.2, 0) is 11.8 Å². The van der Waals surface area contributed by atoms with Crippen molar-refractivity contribution in [1.82, 2.24) is 34.2 Å². The zero-order chi connectivity index (χ0) is 26.7. The van der Waals surface area contributed by atoms with Crippen LogP contribution in [0.5, 0.6) is 0 Å². The molecule has 0 atom stereocenters. The van der Waals surface area contributed by atoms with E-state index in [9.17, 15) is 4.79 Å². The predicted molar refractivity (Wildman–Crippen MR) is 147 cm³/mol. The number of amides is 1. The van der Waals surface area contributed by atoms with E-state index in [4.69, 9.17) is 10.5 Å². The highest BCUT2D eigenvalue weighted by Crippen LogP contribution is 2.35. The van der Waals surface area contributed by atoms with E-state index in [0.717, 1.165) is 46.7 Å². The lowest BCUT2D eigenvalue weighted by Gasteiger charge is -2.29. The fraction of sp³-hybridized carbons (Fsp3) is 0.500. The van der Waals surface area contributed by atoms with Crippen molar-refractivity contribution < 1.29 is 9.53 Å². The molecule has 37 heavy (non-hydrogen) atoms. The Morgan fingerprint density at radius 1 is 1.14 bits per heavy atom. The summed E-state index contributed by atoms with van der Waals surface area (Å²) >= 11 is 1.56. The molecule has 1 aliphatic heterocycles. The molecule has 10 nitrogen and oxygen atoms in total. The number of nitrogen functional groups attached to an aromatic ring is 1. The molecule has 0 aliphatic carbocycles. The third kappa shape index (κ3) is 6.46. The molecule has 0 bridgehead atoms. The summed E-state index contributed by atoms with van der Waals surface area (Å²) in [5, 5.41) is 5.47. The zero-order valence-corrected chi connectivity index (χ0v) is 23.2. The predicted octanol–water partition coefficient (Wildman–Crippen LogP) is 5.53. The van der Waals surface area contributed by atoms with Crippen molar-refractivity contribution in [2.75, 3.05) is 18.8 Å². The number of fused-ring (bicyclic) bond motifs is 1. The van der Waals surface area contributed by atoms with Gasteiger partial charge in [-0.15, -0.1) is 11.3 Å². The minimum Gasteiger partial charge on any atom is -0.444 e. The first kappa shape index (κ1) is 26.6. The number of anilines is 1. The van der Waals surface area contributed by atoms with Gasteiger partial charge in [-0.3, -0.25) is 4.68 Å². The van der Waals surface area contributed by atoms with E-state index in [0.29, 0.717) is 23.5 Å². The zero-order valence-electron chi connectivity index (χ0n) is 22.4. The quantitative estimate of drug-likeness (QED) is 0.375. The number of aryl methyl sites for hydroxylation is 1. The van der Waals surface area contributed by atoms with Gasteiger partial charge in [0.2, 0.25) is 0 Å². The standard InChI is InChI=1S/C16H17N7S.C10H19NO2/c1-9(2)23-6-4-11(21-23)12-8-10-13(17)19-14(20-16(10)24-12)15-18-5-7-22(15)3;1-10(2,3)13-9(12)11-7-5-4-6-8-11/h4-9H,1-3H3,(H2,17,19,20);4-8H2,1-3H3. The lowest BCUT2D eigenvalue weighted by atomic mass is 10.1. The third-order valence-corrected chi connectivity index (χ3v) is 6.89. The van der Waals surface area contributed by atoms with E-state index in [1.54, 1.807) is 22.4 Å². The Labute approximate surface area is 221 Å². The molecule has 1 aliphatic rings. The van der Waals surface area contributed by atoms with Crippen LogP contribution in [-0.4, -0.2) is 59.0 Å². The molecule has 1 amide bonds. The van der Waals surface area contributed by atoms with E-state index in [1.807, 2.05) is 61.6 Å². The fourth-order valence-corrected chi connectivity index (χ4v) is 4.91. The molecule has 11 heteroatoms. The van der Waals surface area contributed by atoms with Crippen molar-refractivity contribution in [2.45, 2.75) is 65.5 Å². The molecular weight excluding hydrogens is 488 g/mol. The second-order valence-corrected chi connectivity index (χ2v) is 11.5. The largest absolute Gasteiger partial charge is 0.444 e. The maximum Gasteiger partial charge on any atom is 0.410 e. The van der Waals surface area contributed by atoms with Crippen LogP contribution in [0, 0.1) is 0 Å². The van der Waals surface area contributed by atoms with Crippen molar-refractivity contribution in [3.63, 3.8) is 0 Å². The van der Waals surface area contributed by atoms with E-state index in [-0.39, 0.29) is 11.7 Å². The Morgan fingerprint density at radius 2 is 1.86 bits per heavy atom. The Balaban J connectivity index is 0.000000209. The summed E-state index contributed by atoms with van der Waals surface area (Å²) in [6.45, 7) is 11.6. The van der Waals surface area contributed by atoms with Crippen molar-refractivity contribution in [2.24, 2.45) is 7.05 Å². The minimum absolute atomic E-state index is 0.160. The number of ether oxygens (including phenoxy) is 1. The number of carbonyl (C=O) groups excluding carboxylic acids is 1. The van der Waals surface area contributed by atoms with Crippen LogP contribution >= 0.6 is 11.3 Å². The number of nitrogens with zero attached hydrogens (tertiary/aromatic N) is 7. The lowest BCUT2D eigenvalue weighted by Crippen LogP contribution is -2.39. The molecule has 2 N–H and O–H groups in total. The van der Waals surface area contributed by atoms with Crippen LogP contribution in [0.25, 0.3) is 32.4 Å². The smallest absolute Gasteiger partial charge is 0.410 e. The molecular formula is C26H36N8O2S. The van der Waals surface area contributed by atoms with E-state index >= 15 is 0 Å². The number of imidazole rings is 1. The van der Waals surface area contributed by atoms with E-state index in [2.05, 4.69) is 33.9 Å². The topological polar surface area (TPSA) is 117 Å². The van der Waals surface area contributed by atoms with Gasteiger partial charge in [-0.1, -0.05) is 0 Å². The minimum atomic E-state index is -0.367. The van der Waals surface area contributed by atoms with Gasteiger partial charge in [-0.05, 0) is 66.0 Å². The van der Waals surface area contributed by atoms with Crippen LogP contribution in [0.4, 0.5) is 10.6 Å². The monoisotopic (exact) mass is 524 g/mol. The van der Waals surface area contributed by atoms with Crippen LogP contribution in [0.3, 0.4) is 0 Å². The van der Waals surface area contributed by atoms with Gasteiger partial charge in [0.25, 0.3) is 0 Å². The van der Waals surface area contributed by atoms with Gasteiger partial charge >= 0.3 is 6.09 Å². The summed E-state index contributed by atoms with van der Waals surface area (Å²) in [5.74, 6) is 1.69. The van der Waals surface area contributed by atoms with Crippen molar-refractivity contribution in [1.29, 1.82) is 0 Å². The number of likely N-dealkylation sites (tertiary alicyclic amines) is 1. The molecule has 0 saturated carbocycles. The first-order valence-electron chi connectivity index (χ1n) is 12.6. The number of carbonyl (C=O) groups is 1. The van der Waals surface area contributed by atoms with E-state index in [1.165, 1.54) is 6.42 Å².